The van der Waals surface area contributed by atoms with Crippen LogP contribution < -0.4 is 26.7 Å². The maximum absolute atomic E-state index is 13.8. The van der Waals surface area contributed by atoms with Gasteiger partial charge in [0.15, 0.2) is 0 Å². The standard InChI is InChI=1S/C31H36N6O4.ClH/c1-18-24(13-14-28(34-18)41-2)21-7-3-19(4-8-21)15-26(33)31(40)37(30(39)22-9-5-20(17-32)6-10-22)23-11-12-25-27(16-23)35-36-29(25)38;/h3-4,7-8,11-14,16,20,22,26H,5-6,9-10,15,17,32-33H2,1-2H3,(H2,35,36,38);1H/t20-,22-,26-;/m0./s1. The number of nitrogens with one attached hydrogen (secondary N) is 2. The van der Waals surface area contributed by atoms with E-state index in [4.69, 9.17) is 16.2 Å². The monoisotopic (exact) mass is 592 g/mol. The molecule has 0 bridgehead atoms. The zero-order chi connectivity index (χ0) is 29.1. The minimum Gasteiger partial charge on any atom is -0.481 e. The van der Waals surface area contributed by atoms with Crippen molar-refractivity contribution in [3.63, 3.8) is 0 Å². The lowest BCUT2D eigenvalue weighted by Crippen LogP contribution is -2.50. The fourth-order valence-corrected chi connectivity index (χ4v) is 5.64. The number of halogens is 1. The molecule has 1 saturated carbocycles. The molecule has 0 radical (unpaired) electrons. The number of amides is 2. The Kier molecular flexibility index (Phi) is 9.82. The molecule has 2 aromatic carbocycles. The molecule has 4 aromatic rings. The number of nitrogens with two attached hydrogens (primary N) is 2. The Balaban J connectivity index is 0.00000405. The number of benzene rings is 2. The van der Waals surface area contributed by atoms with Crippen molar-refractivity contribution in [3.8, 4) is 17.0 Å². The second-order valence-corrected chi connectivity index (χ2v) is 10.8. The quantitative estimate of drug-likeness (QED) is 0.242. The van der Waals surface area contributed by atoms with E-state index in [9.17, 15) is 14.4 Å². The fourth-order valence-electron chi connectivity index (χ4n) is 5.64. The lowest BCUT2D eigenvalue weighted by atomic mass is 9.81. The minimum atomic E-state index is -0.949. The second kappa shape index (κ2) is 13.3. The number of hydrogen-bond donors (Lipinski definition) is 4. The first-order valence-electron chi connectivity index (χ1n) is 13.9. The van der Waals surface area contributed by atoms with Gasteiger partial charge in [-0.2, -0.15) is 0 Å². The maximum atomic E-state index is 13.8. The molecule has 6 N–H and O–H groups in total. The summed E-state index contributed by atoms with van der Waals surface area (Å²) in [6.45, 7) is 2.52. The number of imide groups is 1. The van der Waals surface area contributed by atoms with Crippen molar-refractivity contribution in [3.05, 3.63) is 76.2 Å². The highest BCUT2D eigenvalue weighted by Crippen LogP contribution is 2.32. The number of pyridine rings is 1. The third-order valence-electron chi connectivity index (χ3n) is 8.09. The summed E-state index contributed by atoms with van der Waals surface area (Å²) >= 11 is 0. The van der Waals surface area contributed by atoms with Crippen molar-refractivity contribution in [1.29, 1.82) is 0 Å². The van der Waals surface area contributed by atoms with Crippen molar-refractivity contribution >= 4 is 40.8 Å². The number of hydrogen-bond acceptors (Lipinski definition) is 7. The smallest absolute Gasteiger partial charge is 0.271 e. The molecule has 0 saturated heterocycles. The topological polar surface area (TPSA) is 160 Å². The highest BCUT2D eigenvalue weighted by Gasteiger charge is 2.35. The zero-order valence-corrected chi connectivity index (χ0v) is 24.6. The molecule has 1 fully saturated rings. The van der Waals surface area contributed by atoms with Crippen LogP contribution in [-0.2, 0) is 16.0 Å². The summed E-state index contributed by atoms with van der Waals surface area (Å²) < 4.78 is 5.20. The summed E-state index contributed by atoms with van der Waals surface area (Å²) in [5, 5.41) is 5.80. The summed E-state index contributed by atoms with van der Waals surface area (Å²) in [5.74, 6) is -0.0907. The normalized spacial score (nSPS) is 17.3. The summed E-state index contributed by atoms with van der Waals surface area (Å²) in [4.78, 5) is 45.4. The van der Waals surface area contributed by atoms with E-state index in [1.54, 1.807) is 25.3 Å². The van der Waals surface area contributed by atoms with Gasteiger partial charge in [0, 0.05) is 23.2 Å². The molecule has 11 heteroatoms. The lowest BCUT2D eigenvalue weighted by Gasteiger charge is -2.32. The predicted molar refractivity (Wildman–Crippen MR) is 166 cm³/mol. The van der Waals surface area contributed by atoms with Gasteiger partial charge in [-0.05, 0) is 86.9 Å². The summed E-state index contributed by atoms with van der Waals surface area (Å²) in [5.41, 5.74) is 16.6. The van der Waals surface area contributed by atoms with Crippen molar-refractivity contribution in [2.75, 3.05) is 18.6 Å². The number of aryl methyl sites for hydroxylation is 1. The summed E-state index contributed by atoms with van der Waals surface area (Å²) in [6, 6.07) is 15.5. The first-order valence-corrected chi connectivity index (χ1v) is 13.9. The molecule has 10 nitrogen and oxygen atoms in total. The second-order valence-electron chi connectivity index (χ2n) is 10.8. The van der Waals surface area contributed by atoms with E-state index in [0.717, 1.165) is 35.2 Å². The fraction of sp³-hybridized carbons (Fsp3) is 0.355. The molecule has 1 atom stereocenters. The number of ether oxygens (including phenoxy) is 1. The number of H-pyrrole nitrogens is 2. The number of rotatable bonds is 8. The van der Waals surface area contributed by atoms with Gasteiger partial charge in [0.1, 0.15) is 0 Å². The van der Waals surface area contributed by atoms with E-state index in [0.29, 0.717) is 47.8 Å². The number of methoxy groups -OCH3 is 1. The van der Waals surface area contributed by atoms with Crippen molar-refractivity contribution < 1.29 is 14.3 Å². The molecule has 222 valence electrons. The van der Waals surface area contributed by atoms with E-state index in [2.05, 4.69) is 15.2 Å². The number of carbonyl (C=O) groups excluding carboxylic acids is 2. The highest BCUT2D eigenvalue weighted by atomic mass is 35.5. The van der Waals surface area contributed by atoms with E-state index in [1.165, 1.54) is 4.90 Å². The van der Waals surface area contributed by atoms with E-state index in [1.807, 2.05) is 43.3 Å². The van der Waals surface area contributed by atoms with Crippen molar-refractivity contribution in [1.82, 2.24) is 15.2 Å². The van der Waals surface area contributed by atoms with Gasteiger partial charge in [-0.3, -0.25) is 24.6 Å². The molecule has 2 amide bonds. The Hall–Kier alpha value is -3.99. The Morgan fingerprint density at radius 1 is 1.05 bits per heavy atom. The Morgan fingerprint density at radius 3 is 2.40 bits per heavy atom. The lowest BCUT2D eigenvalue weighted by molar-refractivity contribution is -0.130. The minimum absolute atomic E-state index is 0. The number of nitrogens with zero attached hydrogens (tertiary/aromatic N) is 2. The van der Waals surface area contributed by atoms with Crippen LogP contribution in [0.3, 0.4) is 0 Å². The van der Waals surface area contributed by atoms with Crippen LogP contribution in [0, 0.1) is 18.8 Å². The van der Waals surface area contributed by atoms with Crippen LogP contribution in [0.15, 0.2) is 59.4 Å². The van der Waals surface area contributed by atoms with Gasteiger partial charge in [0.05, 0.1) is 29.7 Å². The number of anilines is 1. The average molecular weight is 593 g/mol. The molecule has 42 heavy (non-hydrogen) atoms. The van der Waals surface area contributed by atoms with E-state index >= 15 is 0 Å². The van der Waals surface area contributed by atoms with E-state index < -0.39 is 11.9 Å². The Labute approximate surface area is 250 Å². The van der Waals surface area contributed by atoms with Crippen LogP contribution in [-0.4, -0.2) is 46.7 Å². The maximum Gasteiger partial charge on any atom is 0.271 e. The predicted octanol–water partition coefficient (Wildman–Crippen LogP) is 3.85. The van der Waals surface area contributed by atoms with Crippen molar-refractivity contribution in [2.24, 2.45) is 23.3 Å². The molecule has 0 spiro atoms. The van der Waals surface area contributed by atoms with Gasteiger partial charge in [-0.1, -0.05) is 24.3 Å². The van der Waals surface area contributed by atoms with E-state index in [-0.39, 0.29) is 36.2 Å². The number of aromatic amines is 2. The molecular weight excluding hydrogens is 556 g/mol. The number of aromatic nitrogens is 3. The molecular formula is C31H37ClN6O4. The molecule has 0 aliphatic heterocycles. The van der Waals surface area contributed by atoms with Crippen molar-refractivity contribution in [2.45, 2.75) is 45.1 Å². The van der Waals surface area contributed by atoms with Gasteiger partial charge in [0.2, 0.25) is 11.8 Å². The molecule has 1 aliphatic rings. The SMILES string of the molecule is COc1ccc(-c2ccc(C[C@H](N)C(=O)N(c3ccc4c(=O)[nH][nH]c4c3)C(=O)[C@H]3CC[C@H](CN)CC3)cc2)c(C)n1.Cl. The Morgan fingerprint density at radius 2 is 1.76 bits per heavy atom. The molecule has 2 aromatic heterocycles. The van der Waals surface area contributed by atoms with Crippen LogP contribution in [0.4, 0.5) is 5.69 Å². The zero-order valence-electron chi connectivity index (χ0n) is 23.8. The summed E-state index contributed by atoms with van der Waals surface area (Å²) in [6.07, 6.45) is 3.29. The first-order chi connectivity index (χ1) is 19.8. The first kappa shape index (κ1) is 31.0. The Bertz CT molecular complexity index is 1610. The third kappa shape index (κ3) is 6.41. The van der Waals surface area contributed by atoms with Crippen LogP contribution >= 0.6 is 12.4 Å². The average Bonchev–Trinajstić information content (AvgIpc) is 3.37. The van der Waals surface area contributed by atoms with Gasteiger partial charge in [0.25, 0.3) is 11.5 Å². The molecule has 1 aliphatic carbocycles. The molecule has 2 heterocycles. The van der Waals surface area contributed by atoms with Crippen LogP contribution in [0.2, 0.25) is 0 Å². The molecule has 5 rings (SSSR count). The highest BCUT2D eigenvalue weighted by molar-refractivity contribution is 6.17. The molecule has 0 unspecified atom stereocenters. The largest absolute Gasteiger partial charge is 0.481 e. The third-order valence-corrected chi connectivity index (χ3v) is 8.09. The van der Waals surface area contributed by atoms with Gasteiger partial charge >= 0.3 is 0 Å². The van der Waals surface area contributed by atoms with Crippen LogP contribution in [0.1, 0.15) is 36.9 Å². The van der Waals surface area contributed by atoms with Crippen LogP contribution in [0.25, 0.3) is 22.0 Å². The number of fused-ring (bicyclic) bond motifs is 1. The van der Waals surface area contributed by atoms with Crippen LogP contribution in [0.5, 0.6) is 5.88 Å². The van der Waals surface area contributed by atoms with Gasteiger partial charge in [-0.15, -0.1) is 12.4 Å². The van der Waals surface area contributed by atoms with Gasteiger partial charge in [-0.25, -0.2) is 9.88 Å². The summed E-state index contributed by atoms with van der Waals surface area (Å²) in [7, 11) is 1.58. The van der Waals surface area contributed by atoms with Gasteiger partial charge < -0.3 is 16.2 Å². The number of carbonyl (C=O) groups is 2.